The van der Waals surface area contributed by atoms with Crippen molar-refractivity contribution in [3.63, 3.8) is 0 Å². The minimum Gasteiger partial charge on any atom is -0.452 e. The summed E-state index contributed by atoms with van der Waals surface area (Å²) in [6, 6.07) is 3.34. The fourth-order valence-electron chi connectivity index (χ4n) is 1.40. The van der Waals surface area contributed by atoms with Crippen LogP contribution in [0.4, 0.5) is 5.69 Å². The molecular weight excluding hydrogens is 312 g/mol. The number of amides is 1. The Morgan fingerprint density at radius 2 is 2.05 bits per heavy atom. The predicted octanol–water partition coefficient (Wildman–Crippen LogP) is 1.97. The lowest BCUT2D eigenvalue weighted by atomic mass is 10.1. The number of carbonyl (C=O) groups excluding carboxylic acids is 2. The highest BCUT2D eigenvalue weighted by Crippen LogP contribution is 2.23. The zero-order chi connectivity index (χ0) is 14.6. The molecule has 0 aliphatic rings. The average molecular weight is 329 g/mol. The number of hydrogen-bond donors (Lipinski definition) is 1. The van der Waals surface area contributed by atoms with Crippen molar-refractivity contribution in [3.8, 4) is 0 Å². The molecule has 1 rings (SSSR count). The lowest BCUT2D eigenvalue weighted by molar-refractivity contribution is -0.133. The average Bonchev–Trinajstić information content (AvgIpc) is 2.38. The Bertz CT molecular complexity index is 503. The lowest BCUT2D eigenvalue weighted by Gasteiger charge is -2.15. The second-order valence-electron chi connectivity index (χ2n) is 4.15. The third-order valence-corrected chi connectivity index (χ3v) is 3.32. The van der Waals surface area contributed by atoms with E-state index in [0.29, 0.717) is 27.8 Å². The van der Waals surface area contributed by atoms with E-state index < -0.39 is 5.97 Å². The number of carbonyl (C=O) groups is 2. The summed E-state index contributed by atoms with van der Waals surface area (Å²) >= 11 is 3.27. The molecule has 0 unspecified atom stereocenters. The van der Waals surface area contributed by atoms with Crippen molar-refractivity contribution < 1.29 is 14.3 Å². The number of ether oxygens (including phenoxy) is 1. The number of nitrogen functional groups attached to an aromatic ring is 1. The van der Waals surface area contributed by atoms with Gasteiger partial charge >= 0.3 is 5.97 Å². The molecule has 0 fully saturated rings. The highest BCUT2D eigenvalue weighted by Gasteiger charge is 2.16. The van der Waals surface area contributed by atoms with E-state index in [4.69, 9.17) is 10.5 Å². The van der Waals surface area contributed by atoms with Crippen LogP contribution in [0.5, 0.6) is 0 Å². The van der Waals surface area contributed by atoms with Crippen molar-refractivity contribution in [2.24, 2.45) is 0 Å². The first-order chi connectivity index (χ1) is 8.86. The van der Waals surface area contributed by atoms with E-state index in [9.17, 15) is 9.59 Å². The van der Waals surface area contributed by atoms with Gasteiger partial charge in [-0.25, -0.2) is 4.79 Å². The van der Waals surface area contributed by atoms with Crippen molar-refractivity contribution in [1.82, 2.24) is 4.90 Å². The first-order valence-electron chi connectivity index (χ1n) is 5.83. The molecule has 0 bridgehead atoms. The van der Waals surface area contributed by atoms with Crippen molar-refractivity contribution in [1.29, 1.82) is 0 Å². The van der Waals surface area contributed by atoms with Crippen LogP contribution in [0, 0.1) is 6.92 Å². The topological polar surface area (TPSA) is 72.6 Å². The number of esters is 1. The zero-order valence-corrected chi connectivity index (χ0v) is 12.8. The van der Waals surface area contributed by atoms with Gasteiger partial charge in [-0.1, -0.05) is 15.9 Å². The van der Waals surface area contributed by atoms with Crippen LogP contribution in [0.3, 0.4) is 0 Å². The van der Waals surface area contributed by atoms with Gasteiger partial charge in [-0.15, -0.1) is 0 Å². The third kappa shape index (κ3) is 3.96. The molecule has 5 nitrogen and oxygen atoms in total. The van der Waals surface area contributed by atoms with Gasteiger partial charge in [0.05, 0.1) is 5.56 Å². The Labute approximate surface area is 120 Å². The van der Waals surface area contributed by atoms with Gasteiger partial charge in [0.25, 0.3) is 5.91 Å². The Kier molecular flexibility index (Phi) is 5.35. The Hall–Kier alpha value is -1.56. The zero-order valence-electron chi connectivity index (χ0n) is 11.2. The maximum absolute atomic E-state index is 11.9. The molecule has 0 aliphatic carbocycles. The number of nitrogens with two attached hydrogens (primary N) is 1. The fourth-order valence-corrected chi connectivity index (χ4v) is 1.88. The number of rotatable bonds is 4. The van der Waals surface area contributed by atoms with E-state index in [1.807, 2.05) is 6.92 Å². The number of likely N-dealkylation sites (N-methyl/N-ethyl adjacent to an activating group) is 1. The molecule has 1 aromatic rings. The summed E-state index contributed by atoms with van der Waals surface area (Å²) in [5.41, 5.74) is 7.27. The van der Waals surface area contributed by atoms with Crippen LogP contribution in [-0.2, 0) is 9.53 Å². The second-order valence-corrected chi connectivity index (χ2v) is 5.07. The molecule has 104 valence electrons. The SMILES string of the molecule is CCN(C)C(=O)COC(=O)c1cc(Br)cc(N)c1C. The Balaban J connectivity index is 2.77. The smallest absolute Gasteiger partial charge is 0.339 e. The lowest BCUT2D eigenvalue weighted by Crippen LogP contribution is -2.31. The van der Waals surface area contributed by atoms with Gasteiger partial charge < -0.3 is 15.4 Å². The summed E-state index contributed by atoms with van der Waals surface area (Å²) in [7, 11) is 1.65. The van der Waals surface area contributed by atoms with Crippen LogP contribution >= 0.6 is 15.9 Å². The summed E-state index contributed by atoms with van der Waals surface area (Å²) in [5, 5.41) is 0. The van der Waals surface area contributed by atoms with Gasteiger partial charge in [-0.05, 0) is 31.5 Å². The van der Waals surface area contributed by atoms with Gasteiger partial charge in [-0.3, -0.25) is 4.79 Å². The molecule has 0 aromatic heterocycles. The standard InChI is InChI=1S/C13H17BrN2O3/c1-4-16(3)12(17)7-19-13(18)10-5-9(14)6-11(15)8(10)2/h5-6H,4,7,15H2,1-3H3. The van der Waals surface area contributed by atoms with E-state index in [2.05, 4.69) is 15.9 Å². The Morgan fingerprint density at radius 3 is 2.63 bits per heavy atom. The largest absolute Gasteiger partial charge is 0.452 e. The fraction of sp³-hybridized carbons (Fsp3) is 0.385. The van der Waals surface area contributed by atoms with Gasteiger partial charge in [0.2, 0.25) is 0 Å². The monoisotopic (exact) mass is 328 g/mol. The summed E-state index contributed by atoms with van der Waals surface area (Å²) < 4.78 is 5.69. The molecule has 6 heteroatoms. The summed E-state index contributed by atoms with van der Waals surface area (Å²) in [6.07, 6.45) is 0. The molecule has 0 atom stereocenters. The molecule has 19 heavy (non-hydrogen) atoms. The van der Waals surface area contributed by atoms with E-state index in [1.165, 1.54) is 4.90 Å². The van der Waals surface area contributed by atoms with Crippen LogP contribution in [0.1, 0.15) is 22.8 Å². The maximum atomic E-state index is 11.9. The van der Waals surface area contributed by atoms with Gasteiger partial charge in [0.15, 0.2) is 6.61 Å². The molecule has 1 amide bonds. The van der Waals surface area contributed by atoms with Crippen molar-refractivity contribution in [2.75, 3.05) is 25.9 Å². The molecule has 0 heterocycles. The number of halogens is 1. The molecule has 0 spiro atoms. The number of hydrogen-bond acceptors (Lipinski definition) is 4. The van der Waals surface area contributed by atoms with Crippen LogP contribution in [-0.4, -0.2) is 37.0 Å². The highest BCUT2D eigenvalue weighted by molar-refractivity contribution is 9.10. The first kappa shape index (κ1) is 15.5. The molecule has 0 aliphatic heterocycles. The highest BCUT2D eigenvalue weighted by atomic mass is 79.9. The number of benzene rings is 1. The van der Waals surface area contributed by atoms with Crippen LogP contribution < -0.4 is 5.73 Å². The predicted molar refractivity (Wildman–Crippen MR) is 76.9 cm³/mol. The minimum absolute atomic E-state index is 0.239. The van der Waals surface area contributed by atoms with Crippen molar-refractivity contribution in [2.45, 2.75) is 13.8 Å². The molecule has 0 radical (unpaired) electrons. The molecule has 2 N–H and O–H groups in total. The summed E-state index contributed by atoms with van der Waals surface area (Å²) in [4.78, 5) is 24.9. The molecule has 1 aromatic carbocycles. The minimum atomic E-state index is -0.552. The van der Waals surface area contributed by atoms with Gasteiger partial charge in [-0.2, -0.15) is 0 Å². The summed E-state index contributed by atoms with van der Waals surface area (Å²) in [5.74, 6) is -0.792. The third-order valence-electron chi connectivity index (χ3n) is 2.86. The van der Waals surface area contributed by atoms with Crippen LogP contribution in [0.15, 0.2) is 16.6 Å². The van der Waals surface area contributed by atoms with Crippen molar-refractivity contribution >= 4 is 33.5 Å². The number of nitrogens with zero attached hydrogens (tertiary/aromatic N) is 1. The quantitative estimate of drug-likeness (QED) is 0.677. The molecule has 0 saturated heterocycles. The van der Waals surface area contributed by atoms with E-state index in [0.717, 1.165) is 0 Å². The summed E-state index contributed by atoms with van der Waals surface area (Å²) in [6.45, 7) is 3.88. The van der Waals surface area contributed by atoms with Crippen molar-refractivity contribution in [3.05, 3.63) is 27.7 Å². The Morgan fingerprint density at radius 1 is 1.42 bits per heavy atom. The van der Waals surface area contributed by atoms with E-state index in [1.54, 1.807) is 26.1 Å². The van der Waals surface area contributed by atoms with Crippen LogP contribution in [0.2, 0.25) is 0 Å². The van der Waals surface area contributed by atoms with Crippen LogP contribution in [0.25, 0.3) is 0 Å². The van der Waals surface area contributed by atoms with Gasteiger partial charge in [0.1, 0.15) is 0 Å². The van der Waals surface area contributed by atoms with E-state index in [-0.39, 0.29) is 12.5 Å². The normalized spacial score (nSPS) is 10.1. The van der Waals surface area contributed by atoms with Gasteiger partial charge in [0, 0.05) is 23.8 Å². The first-order valence-corrected chi connectivity index (χ1v) is 6.62. The van der Waals surface area contributed by atoms with E-state index >= 15 is 0 Å². The molecular formula is C13H17BrN2O3. The second kappa shape index (κ2) is 6.56. The molecule has 0 saturated carbocycles. The number of anilines is 1. The maximum Gasteiger partial charge on any atom is 0.339 e.